The van der Waals surface area contributed by atoms with Crippen LogP contribution in [-0.4, -0.2) is 27.6 Å². The van der Waals surface area contributed by atoms with Crippen LogP contribution in [0.5, 0.6) is 0 Å². The highest BCUT2D eigenvalue weighted by atomic mass is 15.4. The minimum atomic E-state index is 0.581. The predicted molar refractivity (Wildman–Crippen MR) is 61.6 cm³/mol. The molecule has 2 atom stereocenters. The topological polar surface area (TPSA) is 42.7 Å². The first-order chi connectivity index (χ1) is 7.17. The van der Waals surface area contributed by atoms with Crippen LogP contribution in [0.2, 0.25) is 0 Å². The van der Waals surface area contributed by atoms with Gasteiger partial charge in [-0.3, -0.25) is 4.68 Å². The van der Waals surface area contributed by atoms with Crippen LogP contribution in [0, 0.1) is 5.92 Å². The van der Waals surface area contributed by atoms with Crippen molar-refractivity contribution in [3.05, 3.63) is 11.9 Å². The Bertz CT molecular complexity index is 282. The number of rotatable bonds is 6. The molecule has 15 heavy (non-hydrogen) atoms. The van der Waals surface area contributed by atoms with E-state index in [9.17, 15) is 0 Å². The Labute approximate surface area is 92.1 Å². The van der Waals surface area contributed by atoms with Crippen molar-refractivity contribution in [3.63, 3.8) is 0 Å². The molecular formula is C11H22N4. The van der Waals surface area contributed by atoms with E-state index in [1.54, 1.807) is 4.68 Å². The lowest BCUT2D eigenvalue weighted by molar-refractivity contribution is 0.368. The fourth-order valence-corrected chi connectivity index (χ4v) is 1.97. The van der Waals surface area contributed by atoms with Crippen LogP contribution < -0.4 is 5.32 Å². The molecule has 1 N–H and O–H groups in total. The van der Waals surface area contributed by atoms with E-state index in [0.29, 0.717) is 12.0 Å². The standard InChI is InChI=1S/C11H22N4/c1-5-11(12-6-2)9(3)7-10-8-15(4)14-13-10/h8-9,11-12H,5-7H2,1-4H3. The average Bonchev–Trinajstić information content (AvgIpc) is 2.60. The normalized spacial score (nSPS) is 15.2. The van der Waals surface area contributed by atoms with Gasteiger partial charge in [-0.1, -0.05) is 26.0 Å². The Balaban J connectivity index is 2.49. The van der Waals surface area contributed by atoms with Gasteiger partial charge in [0.1, 0.15) is 0 Å². The van der Waals surface area contributed by atoms with Crippen LogP contribution in [-0.2, 0) is 13.5 Å². The van der Waals surface area contributed by atoms with E-state index >= 15 is 0 Å². The summed E-state index contributed by atoms with van der Waals surface area (Å²) in [4.78, 5) is 0. The fourth-order valence-electron chi connectivity index (χ4n) is 1.97. The molecule has 0 spiro atoms. The van der Waals surface area contributed by atoms with E-state index in [-0.39, 0.29) is 0 Å². The lowest BCUT2D eigenvalue weighted by Crippen LogP contribution is -2.35. The van der Waals surface area contributed by atoms with Gasteiger partial charge in [-0.15, -0.1) is 5.10 Å². The number of aryl methyl sites for hydroxylation is 1. The fraction of sp³-hybridized carbons (Fsp3) is 0.818. The van der Waals surface area contributed by atoms with Crippen LogP contribution in [0.25, 0.3) is 0 Å². The lowest BCUT2D eigenvalue weighted by atomic mass is 9.95. The van der Waals surface area contributed by atoms with E-state index in [4.69, 9.17) is 0 Å². The van der Waals surface area contributed by atoms with E-state index in [0.717, 1.165) is 25.1 Å². The molecule has 1 aromatic rings. The Morgan fingerprint density at radius 3 is 2.67 bits per heavy atom. The molecule has 0 aromatic carbocycles. The smallest absolute Gasteiger partial charge is 0.0830 e. The first-order valence-corrected chi connectivity index (χ1v) is 5.75. The van der Waals surface area contributed by atoms with Gasteiger partial charge < -0.3 is 5.32 Å². The summed E-state index contributed by atoms with van der Waals surface area (Å²) in [5.41, 5.74) is 1.08. The maximum atomic E-state index is 4.12. The zero-order valence-corrected chi connectivity index (χ0v) is 10.2. The molecule has 4 nitrogen and oxygen atoms in total. The lowest BCUT2D eigenvalue weighted by Gasteiger charge is -2.22. The van der Waals surface area contributed by atoms with Crippen molar-refractivity contribution in [3.8, 4) is 0 Å². The average molecular weight is 210 g/mol. The number of hydrogen-bond donors (Lipinski definition) is 1. The van der Waals surface area contributed by atoms with E-state index in [2.05, 4.69) is 36.4 Å². The second-order valence-corrected chi connectivity index (χ2v) is 4.14. The van der Waals surface area contributed by atoms with Crippen molar-refractivity contribution in [2.45, 2.75) is 39.7 Å². The van der Waals surface area contributed by atoms with Crippen LogP contribution in [0.1, 0.15) is 32.9 Å². The summed E-state index contributed by atoms with van der Waals surface area (Å²) in [6.07, 6.45) is 4.16. The Morgan fingerprint density at radius 1 is 1.47 bits per heavy atom. The number of aromatic nitrogens is 3. The first kappa shape index (κ1) is 12.2. The van der Waals surface area contributed by atoms with E-state index in [1.807, 2.05) is 13.2 Å². The molecule has 0 aliphatic carbocycles. The second kappa shape index (κ2) is 5.85. The summed E-state index contributed by atoms with van der Waals surface area (Å²) in [6, 6.07) is 0.581. The molecule has 0 fully saturated rings. The molecule has 4 heteroatoms. The second-order valence-electron chi connectivity index (χ2n) is 4.14. The molecule has 0 radical (unpaired) electrons. The highest BCUT2D eigenvalue weighted by Gasteiger charge is 2.15. The third kappa shape index (κ3) is 3.63. The summed E-state index contributed by atoms with van der Waals surface area (Å²) >= 11 is 0. The van der Waals surface area contributed by atoms with Gasteiger partial charge in [0, 0.05) is 19.3 Å². The zero-order chi connectivity index (χ0) is 11.3. The maximum absolute atomic E-state index is 4.12. The third-order valence-corrected chi connectivity index (χ3v) is 2.77. The highest BCUT2D eigenvalue weighted by Crippen LogP contribution is 2.12. The molecule has 0 aliphatic heterocycles. The quantitative estimate of drug-likeness (QED) is 0.771. The summed E-state index contributed by atoms with van der Waals surface area (Å²) in [5.74, 6) is 0.603. The van der Waals surface area contributed by atoms with Gasteiger partial charge >= 0.3 is 0 Å². The number of hydrogen-bond acceptors (Lipinski definition) is 3. The molecule has 0 saturated heterocycles. The first-order valence-electron chi connectivity index (χ1n) is 5.75. The van der Waals surface area contributed by atoms with Crippen LogP contribution in [0.4, 0.5) is 0 Å². The molecule has 1 aromatic heterocycles. The minimum Gasteiger partial charge on any atom is -0.314 e. The van der Waals surface area contributed by atoms with Crippen molar-refractivity contribution in [1.29, 1.82) is 0 Å². The van der Waals surface area contributed by atoms with Gasteiger partial charge in [-0.2, -0.15) is 0 Å². The van der Waals surface area contributed by atoms with Crippen LogP contribution >= 0.6 is 0 Å². The maximum Gasteiger partial charge on any atom is 0.0830 e. The SMILES string of the molecule is CCNC(CC)C(C)Cc1cn(C)nn1. The molecule has 0 aliphatic rings. The van der Waals surface area contributed by atoms with Gasteiger partial charge in [0.2, 0.25) is 0 Å². The van der Waals surface area contributed by atoms with Gasteiger partial charge in [-0.25, -0.2) is 0 Å². The van der Waals surface area contributed by atoms with Crippen LogP contribution in [0.3, 0.4) is 0 Å². The molecule has 1 heterocycles. The summed E-state index contributed by atoms with van der Waals surface area (Å²) in [5, 5.41) is 11.6. The van der Waals surface area contributed by atoms with Crippen molar-refractivity contribution < 1.29 is 0 Å². The van der Waals surface area contributed by atoms with Crippen LogP contribution in [0.15, 0.2) is 6.20 Å². The van der Waals surface area contributed by atoms with Gasteiger partial charge in [-0.05, 0) is 25.3 Å². The zero-order valence-electron chi connectivity index (χ0n) is 10.2. The molecule has 0 amide bonds. The summed E-state index contributed by atoms with van der Waals surface area (Å²) in [6.45, 7) is 7.67. The number of nitrogens with one attached hydrogen (secondary N) is 1. The summed E-state index contributed by atoms with van der Waals surface area (Å²) in [7, 11) is 1.91. The summed E-state index contributed by atoms with van der Waals surface area (Å²) < 4.78 is 1.76. The largest absolute Gasteiger partial charge is 0.314 e. The van der Waals surface area contributed by atoms with Gasteiger partial charge in [0.05, 0.1) is 5.69 Å². The minimum absolute atomic E-state index is 0.581. The molecule has 86 valence electrons. The Hall–Kier alpha value is -0.900. The molecule has 0 bridgehead atoms. The molecule has 0 saturated carbocycles. The predicted octanol–water partition coefficient (Wildman–Crippen LogP) is 1.38. The third-order valence-electron chi connectivity index (χ3n) is 2.77. The van der Waals surface area contributed by atoms with E-state index < -0.39 is 0 Å². The Morgan fingerprint density at radius 2 is 2.20 bits per heavy atom. The molecule has 2 unspecified atom stereocenters. The van der Waals surface area contributed by atoms with Crippen molar-refractivity contribution >= 4 is 0 Å². The highest BCUT2D eigenvalue weighted by molar-refractivity contribution is 4.95. The molecular weight excluding hydrogens is 188 g/mol. The molecule has 1 rings (SSSR count). The van der Waals surface area contributed by atoms with Crippen molar-refractivity contribution in [2.75, 3.05) is 6.54 Å². The van der Waals surface area contributed by atoms with Crippen molar-refractivity contribution in [1.82, 2.24) is 20.3 Å². The monoisotopic (exact) mass is 210 g/mol. The Kier molecular flexibility index (Phi) is 4.75. The van der Waals surface area contributed by atoms with Gasteiger partial charge in [0.15, 0.2) is 0 Å². The number of nitrogens with zero attached hydrogens (tertiary/aromatic N) is 3. The van der Waals surface area contributed by atoms with Crippen molar-refractivity contribution in [2.24, 2.45) is 13.0 Å². The van der Waals surface area contributed by atoms with Gasteiger partial charge in [0.25, 0.3) is 0 Å². The van der Waals surface area contributed by atoms with E-state index in [1.165, 1.54) is 0 Å².